The first-order valence-corrected chi connectivity index (χ1v) is 14.7. The molecule has 0 saturated heterocycles. The number of Topliss-reactive ketones (excluding diaryl/α,β-unsaturated/α-hetero) is 2. The molecule has 2 aliphatic carbocycles. The van der Waals surface area contributed by atoms with Crippen LogP contribution in [-0.4, -0.2) is 45.2 Å². The van der Waals surface area contributed by atoms with Crippen LogP contribution in [0.15, 0.2) is 69.5 Å². The zero-order valence-electron chi connectivity index (χ0n) is 24.1. The smallest absolute Gasteiger partial charge is 0.335 e. The van der Waals surface area contributed by atoms with Crippen LogP contribution in [0.2, 0.25) is 0 Å². The molecule has 0 atom stereocenters. The van der Waals surface area contributed by atoms with E-state index < -0.39 is 17.9 Å². The number of benzene rings is 2. The summed E-state index contributed by atoms with van der Waals surface area (Å²) >= 11 is 3.61. The van der Waals surface area contributed by atoms with Gasteiger partial charge in [0.25, 0.3) is 0 Å². The van der Waals surface area contributed by atoms with Crippen molar-refractivity contribution in [3.05, 3.63) is 86.2 Å². The van der Waals surface area contributed by atoms with Gasteiger partial charge in [-0.05, 0) is 75.0 Å². The summed E-state index contributed by atoms with van der Waals surface area (Å²) in [5.41, 5.74) is 3.51. The number of aliphatic carboxylic acids is 1. The van der Waals surface area contributed by atoms with E-state index in [0.29, 0.717) is 58.4 Å². The minimum atomic E-state index is -1.01. The molecule has 42 heavy (non-hydrogen) atoms. The van der Waals surface area contributed by atoms with Crippen LogP contribution in [0.3, 0.4) is 0 Å². The fourth-order valence-electron chi connectivity index (χ4n) is 6.43. The Bertz CT molecular complexity index is 1510. The van der Waals surface area contributed by atoms with Crippen molar-refractivity contribution in [3.63, 3.8) is 0 Å². The molecule has 8 nitrogen and oxygen atoms in total. The van der Waals surface area contributed by atoms with E-state index in [4.69, 9.17) is 9.84 Å². The lowest BCUT2D eigenvalue weighted by atomic mass is 9.63. The number of allylic oxidation sites excluding steroid dienone is 4. The maximum atomic E-state index is 13.8. The highest BCUT2D eigenvalue weighted by Gasteiger charge is 2.49. The van der Waals surface area contributed by atoms with Crippen molar-refractivity contribution in [1.29, 1.82) is 0 Å². The number of aromatic carboxylic acids is 1. The van der Waals surface area contributed by atoms with Crippen molar-refractivity contribution in [2.75, 3.05) is 6.54 Å². The minimum Gasteiger partial charge on any atom is -0.488 e. The van der Waals surface area contributed by atoms with Crippen LogP contribution in [0.4, 0.5) is 0 Å². The quantitative estimate of drug-likeness (QED) is 0.354. The van der Waals surface area contributed by atoms with Gasteiger partial charge in [-0.2, -0.15) is 0 Å². The van der Waals surface area contributed by atoms with Gasteiger partial charge in [-0.15, -0.1) is 0 Å². The highest BCUT2D eigenvalue weighted by molar-refractivity contribution is 9.10. The van der Waals surface area contributed by atoms with Crippen molar-refractivity contribution >= 4 is 39.4 Å². The van der Waals surface area contributed by atoms with Crippen LogP contribution in [0, 0.1) is 10.8 Å². The fourth-order valence-corrected chi connectivity index (χ4v) is 6.94. The number of ketones is 2. The van der Waals surface area contributed by atoms with E-state index in [-0.39, 0.29) is 41.1 Å². The van der Waals surface area contributed by atoms with Gasteiger partial charge in [0, 0.05) is 41.3 Å². The first kappa shape index (κ1) is 29.8. The number of hydrogen-bond donors (Lipinski definition) is 2. The first-order valence-electron chi connectivity index (χ1n) is 13.9. The molecule has 5 rings (SSSR count). The van der Waals surface area contributed by atoms with Gasteiger partial charge in [0.05, 0.1) is 10.0 Å². The third-order valence-corrected chi connectivity index (χ3v) is 8.82. The second-order valence-corrected chi connectivity index (χ2v) is 13.9. The zero-order valence-corrected chi connectivity index (χ0v) is 25.7. The number of hydrogen-bond acceptors (Lipinski definition) is 6. The maximum Gasteiger partial charge on any atom is 0.335 e. The lowest BCUT2D eigenvalue weighted by molar-refractivity contribution is -0.138. The van der Waals surface area contributed by atoms with Crippen molar-refractivity contribution in [3.8, 4) is 5.75 Å². The molecule has 0 spiro atoms. The van der Waals surface area contributed by atoms with Gasteiger partial charge in [0.2, 0.25) is 0 Å². The number of carbonyl (C=O) groups excluding carboxylic acids is 2. The molecule has 1 heterocycles. The molecule has 0 bridgehead atoms. The Morgan fingerprint density at radius 1 is 0.881 bits per heavy atom. The minimum absolute atomic E-state index is 0.0629. The van der Waals surface area contributed by atoms with Crippen LogP contribution >= 0.6 is 15.9 Å². The van der Waals surface area contributed by atoms with E-state index in [9.17, 15) is 24.3 Å². The van der Waals surface area contributed by atoms with Crippen molar-refractivity contribution < 1.29 is 34.1 Å². The first-order chi connectivity index (χ1) is 19.7. The van der Waals surface area contributed by atoms with E-state index >= 15 is 0 Å². The Hall–Kier alpha value is -3.72. The summed E-state index contributed by atoms with van der Waals surface area (Å²) < 4.78 is 6.66. The topological polar surface area (TPSA) is 121 Å². The van der Waals surface area contributed by atoms with Crippen LogP contribution in [0.1, 0.15) is 80.8 Å². The van der Waals surface area contributed by atoms with Gasteiger partial charge in [-0.3, -0.25) is 14.4 Å². The number of ether oxygens (including phenoxy) is 1. The Balaban J connectivity index is 1.56. The molecular formula is C33H34BrNO7. The van der Waals surface area contributed by atoms with E-state index in [0.717, 1.165) is 11.1 Å². The molecule has 0 saturated carbocycles. The summed E-state index contributed by atoms with van der Waals surface area (Å²) in [6.07, 6.45) is 1.70. The molecule has 0 aromatic heterocycles. The highest BCUT2D eigenvalue weighted by Crippen LogP contribution is 2.54. The third kappa shape index (κ3) is 5.79. The predicted molar refractivity (Wildman–Crippen MR) is 159 cm³/mol. The number of carbonyl (C=O) groups is 4. The van der Waals surface area contributed by atoms with E-state index in [1.54, 1.807) is 23.1 Å². The largest absolute Gasteiger partial charge is 0.488 e. The standard InChI is InChI=1S/C33H34BrNO7/c1-32(2)12-22-29(24(36)14-32)28(30-23(35(22)16-27(38)39)13-33(3,4)15-25(30)37)20-9-10-26(21(34)11-20)42-17-18-5-7-19(8-6-18)31(40)41/h5-11,28H,12-17H2,1-4H3,(H,38,39)(H,40,41). The molecule has 220 valence electrons. The summed E-state index contributed by atoms with van der Waals surface area (Å²) in [6, 6.07) is 12.0. The molecule has 0 radical (unpaired) electrons. The van der Waals surface area contributed by atoms with Crippen LogP contribution in [0.5, 0.6) is 5.75 Å². The molecule has 1 aliphatic heterocycles. The van der Waals surface area contributed by atoms with Crippen molar-refractivity contribution in [2.45, 2.75) is 65.9 Å². The second kappa shape index (κ2) is 10.8. The van der Waals surface area contributed by atoms with Gasteiger partial charge < -0.3 is 19.8 Å². The summed E-state index contributed by atoms with van der Waals surface area (Å²) in [7, 11) is 0. The molecule has 0 unspecified atom stereocenters. The number of carboxylic acid groups (broad SMARTS) is 2. The second-order valence-electron chi connectivity index (χ2n) is 13.0. The lowest BCUT2D eigenvalue weighted by Gasteiger charge is -2.48. The average molecular weight is 637 g/mol. The summed E-state index contributed by atoms with van der Waals surface area (Å²) in [5.74, 6) is -2.17. The van der Waals surface area contributed by atoms with Gasteiger partial charge >= 0.3 is 11.9 Å². The Morgan fingerprint density at radius 2 is 1.43 bits per heavy atom. The molecular weight excluding hydrogens is 602 g/mol. The van der Waals surface area contributed by atoms with Crippen LogP contribution in [-0.2, 0) is 21.0 Å². The van der Waals surface area contributed by atoms with Crippen LogP contribution in [0.25, 0.3) is 0 Å². The number of nitrogens with zero attached hydrogens (tertiary/aromatic N) is 1. The van der Waals surface area contributed by atoms with Crippen LogP contribution < -0.4 is 4.74 Å². The maximum absolute atomic E-state index is 13.8. The highest BCUT2D eigenvalue weighted by atomic mass is 79.9. The molecule has 0 fully saturated rings. The van der Waals surface area contributed by atoms with Gasteiger partial charge in [-0.1, -0.05) is 45.9 Å². The summed E-state index contributed by atoms with van der Waals surface area (Å²) in [6.45, 7) is 7.97. The Labute approximate surface area is 253 Å². The normalized spacial score (nSPS) is 19.9. The SMILES string of the molecule is CC1(C)CC(=O)C2=C(C1)N(CC(=O)O)C1=C(C(=O)CC(C)(C)C1)C2c1ccc(OCc2ccc(C(=O)O)cc2)c(Br)c1. The number of rotatable bonds is 7. The van der Waals surface area contributed by atoms with E-state index in [2.05, 4.69) is 15.9 Å². The average Bonchev–Trinajstić information content (AvgIpc) is 2.87. The van der Waals surface area contributed by atoms with Crippen molar-refractivity contribution in [1.82, 2.24) is 4.90 Å². The number of carboxylic acids is 2. The van der Waals surface area contributed by atoms with Gasteiger partial charge in [0.1, 0.15) is 18.9 Å². The zero-order chi connectivity index (χ0) is 30.6. The van der Waals surface area contributed by atoms with E-state index in [1.807, 2.05) is 39.8 Å². The van der Waals surface area contributed by atoms with Crippen molar-refractivity contribution in [2.24, 2.45) is 10.8 Å². The molecule has 9 heteroatoms. The molecule has 0 amide bonds. The molecule has 2 aromatic carbocycles. The third-order valence-electron chi connectivity index (χ3n) is 8.20. The molecule has 2 N–H and O–H groups in total. The monoisotopic (exact) mass is 635 g/mol. The fraction of sp³-hybridized carbons (Fsp3) is 0.394. The van der Waals surface area contributed by atoms with Gasteiger partial charge in [-0.25, -0.2) is 4.79 Å². The Morgan fingerprint density at radius 3 is 1.90 bits per heavy atom. The van der Waals surface area contributed by atoms with E-state index in [1.165, 1.54) is 12.1 Å². The predicted octanol–water partition coefficient (Wildman–Crippen LogP) is 6.50. The lowest BCUT2D eigenvalue weighted by Crippen LogP contribution is -2.45. The Kier molecular flexibility index (Phi) is 7.68. The van der Waals surface area contributed by atoms with Gasteiger partial charge in [0.15, 0.2) is 11.6 Å². The number of halogens is 1. The molecule has 2 aromatic rings. The summed E-state index contributed by atoms with van der Waals surface area (Å²) in [4.78, 5) is 52.5. The summed E-state index contributed by atoms with van der Waals surface area (Å²) in [5, 5.41) is 19.0. The molecule has 3 aliphatic rings.